The Hall–Kier alpha value is -9.70. The van der Waals surface area contributed by atoms with Crippen molar-refractivity contribution in [2.45, 2.75) is 26.2 Å². The van der Waals surface area contributed by atoms with E-state index in [1.165, 1.54) is 158 Å². The van der Waals surface area contributed by atoms with Crippen molar-refractivity contribution < 1.29 is 4.42 Å². The molecule has 18 rings (SSSR count). The molecule has 0 saturated carbocycles. The number of hydrogen-bond acceptors (Lipinski definition) is 1. The zero-order chi connectivity index (χ0) is 50.6. The van der Waals surface area contributed by atoms with E-state index in [9.17, 15) is 0 Å². The third-order valence-electron chi connectivity index (χ3n) is 17.6. The van der Waals surface area contributed by atoms with E-state index < -0.39 is 0 Å². The van der Waals surface area contributed by atoms with Crippen LogP contribution in [0, 0.1) is 0 Å². The summed E-state index contributed by atoms with van der Waals surface area (Å²) >= 11 is 0. The van der Waals surface area contributed by atoms with Crippen molar-refractivity contribution in [2.75, 3.05) is 0 Å². The number of benzene rings is 13. The molecule has 5 heterocycles. The molecule has 0 spiro atoms. The molecule has 77 heavy (non-hydrogen) atoms. The van der Waals surface area contributed by atoms with Gasteiger partial charge in [-0.25, -0.2) is 0 Å². The molecule has 3 heteroatoms. The molecule has 0 bridgehead atoms. The molecule has 358 valence electrons. The summed E-state index contributed by atoms with van der Waals surface area (Å²) < 4.78 is 11.4. The maximum atomic E-state index is 6.29. The lowest BCUT2D eigenvalue weighted by molar-refractivity contribution is 0.590. The highest BCUT2D eigenvalue weighted by atomic mass is 16.3. The van der Waals surface area contributed by atoms with Crippen LogP contribution in [0.5, 0.6) is 0 Å². The molecule has 18 aromatic rings. The van der Waals surface area contributed by atoms with Crippen molar-refractivity contribution in [1.82, 2.24) is 8.80 Å². The van der Waals surface area contributed by atoms with Gasteiger partial charge in [-0.05, 0) is 191 Å². The molecule has 0 aliphatic heterocycles. The molecular weight excluding hydrogens is 933 g/mol. The maximum Gasteiger partial charge on any atom is 0.135 e. The molecule has 13 aromatic carbocycles. The van der Waals surface area contributed by atoms with Gasteiger partial charge in [-0.3, -0.25) is 0 Å². The largest absolute Gasteiger partial charge is 0.456 e. The SMILES string of the molecule is CC(C)(C)c1ccc(-c2cc3c4cc5ccccc5cc4n4c5cc6ccc(-c7ccc8cc9c(cc8c7)c7cc(-c8ccc%10oc%11ccccc%11c%10c8)cc8c%10cc%11ccccc%11cc%10n9c87)cc6cc5c(c2)c34)cc1. The molecule has 0 fully saturated rings. The zero-order valence-electron chi connectivity index (χ0n) is 42.7. The average Bonchev–Trinajstić information content (AvgIpc) is 4.45. The van der Waals surface area contributed by atoms with Crippen LogP contribution >= 0.6 is 0 Å². The van der Waals surface area contributed by atoms with Gasteiger partial charge >= 0.3 is 0 Å². The maximum absolute atomic E-state index is 6.29. The summed E-state index contributed by atoms with van der Waals surface area (Å²) in [5.41, 5.74) is 18.1. The van der Waals surface area contributed by atoms with Gasteiger partial charge in [0.2, 0.25) is 0 Å². The van der Waals surface area contributed by atoms with Gasteiger partial charge in [0.15, 0.2) is 0 Å². The van der Waals surface area contributed by atoms with E-state index in [2.05, 4.69) is 248 Å². The third-order valence-corrected chi connectivity index (χ3v) is 17.6. The Balaban J connectivity index is 0.824. The van der Waals surface area contributed by atoms with Gasteiger partial charge in [-0.1, -0.05) is 142 Å². The van der Waals surface area contributed by atoms with E-state index in [1.807, 2.05) is 6.07 Å². The predicted molar refractivity (Wildman–Crippen MR) is 328 cm³/mol. The lowest BCUT2D eigenvalue weighted by Gasteiger charge is -2.19. The topological polar surface area (TPSA) is 22.0 Å². The number of nitrogens with zero attached hydrogens (tertiary/aromatic N) is 2. The second-order valence-electron chi connectivity index (χ2n) is 22.9. The Labute approximate surface area is 441 Å². The smallest absolute Gasteiger partial charge is 0.135 e. The molecular formula is C74H46N2O. The number of aromatic nitrogens is 2. The van der Waals surface area contributed by atoms with Crippen LogP contribution < -0.4 is 0 Å². The summed E-state index contributed by atoms with van der Waals surface area (Å²) in [6, 6.07) is 85.0. The lowest BCUT2D eigenvalue weighted by Crippen LogP contribution is -2.10. The van der Waals surface area contributed by atoms with Crippen LogP contribution in [-0.4, -0.2) is 8.80 Å². The minimum absolute atomic E-state index is 0.0881. The predicted octanol–water partition coefficient (Wildman–Crippen LogP) is 20.8. The van der Waals surface area contributed by atoms with Crippen LogP contribution in [0.3, 0.4) is 0 Å². The summed E-state index contributed by atoms with van der Waals surface area (Å²) in [7, 11) is 0. The van der Waals surface area contributed by atoms with Gasteiger partial charge in [0.25, 0.3) is 0 Å². The molecule has 0 unspecified atom stereocenters. The van der Waals surface area contributed by atoms with E-state index >= 15 is 0 Å². The van der Waals surface area contributed by atoms with Gasteiger partial charge in [0, 0.05) is 53.9 Å². The highest BCUT2D eigenvalue weighted by molar-refractivity contribution is 6.29. The zero-order valence-corrected chi connectivity index (χ0v) is 42.7. The second kappa shape index (κ2) is 14.6. The van der Waals surface area contributed by atoms with Gasteiger partial charge in [0.05, 0.1) is 33.1 Å². The van der Waals surface area contributed by atoms with Crippen LogP contribution in [0.2, 0.25) is 0 Å². The fourth-order valence-electron chi connectivity index (χ4n) is 13.7. The first-order valence-corrected chi connectivity index (χ1v) is 26.9. The van der Waals surface area contributed by atoms with Crippen LogP contribution in [-0.2, 0) is 5.41 Å². The Morgan fingerprint density at radius 1 is 0.260 bits per heavy atom. The number of para-hydroxylation sites is 1. The highest BCUT2D eigenvalue weighted by Gasteiger charge is 2.24. The van der Waals surface area contributed by atoms with Gasteiger partial charge < -0.3 is 13.2 Å². The molecule has 0 saturated heterocycles. The van der Waals surface area contributed by atoms with Gasteiger partial charge in [0.1, 0.15) is 11.2 Å². The fraction of sp³-hybridized carbons (Fsp3) is 0.0541. The van der Waals surface area contributed by atoms with Crippen molar-refractivity contribution in [1.29, 1.82) is 0 Å². The van der Waals surface area contributed by atoms with E-state index in [1.54, 1.807) is 0 Å². The number of hydrogen-bond donors (Lipinski definition) is 0. The third kappa shape index (κ3) is 5.75. The summed E-state index contributed by atoms with van der Waals surface area (Å²) in [5, 5.41) is 22.5. The van der Waals surface area contributed by atoms with Crippen LogP contribution in [0.15, 0.2) is 229 Å². The molecule has 0 amide bonds. The van der Waals surface area contributed by atoms with Crippen molar-refractivity contribution in [3.63, 3.8) is 0 Å². The summed E-state index contributed by atoms with van der Waals surface area (Å²) in [5.74, 6) is 0. The molecule has 0 N–H and O–H groups in total. The minimum atomic E-state index is 0.0881. The quantitative estimate of drug-likeness (QED) is 0.173. The van der Waals surface area contributed by atoms with Crippen LogP contribution in [0.1, 0.15) is 26.3 Å². The highest BCUT2D eigenvalue weighted by Crippen LogP contribution is 2.47. The molecule has 0 radical (unpaired) electrons. The van der Waals surface area contributed by atoms with Crippen molar-refractivity contribution >= 4 is 141 Å². The van der Waals surface area contributed by atoms with Crippen molar-refractivity contribution in [3.8, 4) is 33.4 Å². The fourth-order valence-corrected chi connectivity index (χ4v) is 13.7. The number of fused-ring (bicyclic) bond motifs is 19. The van der Waals surface area contributed by atoms with Crippen molar-refractivity contribution in [2.24, 2.45) is 0 Å². The molecule has 0 atom stereocenters. The minimum Gasteiger partial charge on any atom is -0.456 e. The van der Waals surface area contributed by atoms with E-state index in [-0.39, 0.29) is 5.41 Å². The average molecular weight is 979 g/mol. The first-order valence-electron chi connectivity index (χ1n) is 26.9. The van der Waals surface area contributed by atoms with E-state index in [0.717, 1.165) is 21.9 Å². The van der Waals surface area contributed by atoms with Gasteiger partial charge in [-0.2, -0.15) is 0 Å². The molecule has 5 aromatic heterocycles. The first-order chi connectivity index (χ1) is 37.7. The number of rotatable bonds is 3. The second-order valence-corrected chi connectivity index (χ2v) is 22.9. The Bertz CT molecular complexity index is 5600. The lowest BCUT2D eigenvalue weighted by atomic mass is 9.86. The standard InChI is InChI=1S/C74H46N2O/c1-74(2,3)55-23-20-41(21-24-55)53-33-62-57-28-42-10-4-6-12-44(42)37-66(57)75-68-39-49-18-16-46(26-51(49)31-59(68)63(34-53)72(62)75)47-17-19-50-40-69-60(32-52(50)27-47)65-36-54(48-22-25-71-61(30-48)56-14-8-9-15-70(56)77-71)35-64-58-29-43-11-5-7-13-45(43)38-67(58)76(69)73(64)65/h4-40H,1-3H3. The van der Waals surface area contributed by atoms with E-state index in [4.69, 9.17) is 4.42 Å². The Morgan fingerprint density at radius 3 is 1.12 bits per heavy atom. The van der Waals surface area contributed by atoms with Gasteiger partial charge in [-0.15, -0.1) is 0 Å². The summed E-state index contributed by atoms with van der Waals surface area (Å²) in [6.45, 7) is 6.86. The first kappa shape index (κ1) is 41.6. The number of furan rings is 1. The Morgan fingerprint density at radius 2 is 0.623 bits per heavy atom. The Kier molecular flexibility index (Phi) is 7.88. The van der Waals surface area contributed by atoms with Crippen LogP contribution in [0.4, 0.5) is 0 Å². The molecule has 0 aliphatic rings. The monoisotopic (exact) mass is 978 g/mol. The summed E-state index contributed by atoms with van der Waals surface area (Å²) in [4.78, 5) is 0. The molecule has 3 nitrogen and oxygen atoms in total. The van der Waals surface area contributed by atoms with E-state index in [0.29, 0.717) is 0 Å². The summed E-state index contributed by atoms with van der Waals surface area (Å²) in [6.07, 6.45) is 0. The molecule has 0 aliphatic carbocycles. The van der Waals surface area contributed by atoms with Crippen LogP contribution in [0.25, 0.3) is 175 Å². The van der Waals surface area contributed by atoms with Crippen molar-refractivity contribution in [3.05, 3.63) is 230 Å². The normalized spacial score (nSPS) is 12.9.